The van der Waals surface area contributed by atoms with Crippen LogP contribution in [0.3, 0.4) is 0 Å². The van der Waals surface area contributed by atoms with Gasteiger partial charge in [-0.3, -0.25) is 4.79 Å². The van der Waals surface area contributed by atoms with Gasteiger partial charge in [-0.15, -0.1) is 4.68 Å². The van der Waals surface area contributed by atoms with Gasteiger partial charge in [-0.25, -0.2) is 4.79 Å². The van der Waals surface area contributed by atoms with Crippen LogP contribution < -0.4 is 16.0 Å². The van der Waals surface area contributed by atoms with Gasteiger partial charge in [0.15, 0.2) is 0 Å². The maximum atomic E-state index is 12.9. The van der Waals surface area contributed by atoms with Crippen LogP contribution in [0.25, 0.3) is 21.9 Å². The molecule has 0 amide bonds. The minimum atomic E-state index is -0.552. The number of methoxy groups -OCH3 is 1. The van der Waals surface area contributed by atoms with Crippen LogP contribution >= 0.6 is 0 Å². The highest BCUT2D eigenvalue weighted by Gasteiger charge is 2.22. The number of allylic oxidation sites excluding steroid dienone is 2. The molecule has 146 valence electrons. The predicted molar refractivity (Wildman–Crippen MR) is 111 cm³/mol. The van der Waals surface area contributed by atoms with Gasteiger partial charge < -0.3 is 14.7 Å². The highest BCUT2D eigenvalue weighted by Crippen LogP contribution is 2.32. The lowest BCUT2D eigenvalue weighted by Crippen LogP contribution is -2.33. The van der Waals surface area contributed by atoms with Crippen molar-refractivity contribution < 1.29 is 4.74 Å². The third-order valence-corrected chi connectivity index (χ3v) is 5.84. The molecule has 2 atom stereocenters. The molecule has 1 aliphatic carbocycles. The van der Waals surface area contributed by atoms with Crippen LogP contribution in [0.15, 0.2) is 44.0 Å². The van der Waals surface area contributed by atoms with Crippen molar-refractivity contribution in [2.45, 2.75) is 33.6 Å². The summed E-state index contributed by atoms with van der Waals surface area (Å²) < 4.78 is 6.15. The minimum absolute atomic E-state index is 0.206. The molecular weight excluding hydrogens is 356 g/mol. The van der Waals surface area contributed by atoms with E-state index in [0.29, 0.717) is 22.7 Å². The maximum Gasteiger partial charge on any atom is 0.350 e. The molecule has 0 radical (unpaired) electrons. The van der Waals surface area contributed by atoms with E-state index in [4.69, 9.17) is 4.74 Å². The van der Waals surface area contributed by atoms with Crippen LogP contribution in [0.4, 0.5) is 0 Å². The molecule has 0 unspecified atom stereocenters. The summed E-state index contributed by atoms with van der Waals surface area (Å²) in [6.45, 7) is 6.47. The van der Waals surface area contributed by atoms with Gasteiger partial charge >= 0.3 is 11.2 Å². The summed E-state index contributed by atoms with van der Waals surface area (Å²) in [5.41, 5.74) is 3.31. The quantitative estimate of drug-likeness (QED) is 0.539. The van der Waals surface area contributed by atoms with E-state index in [9.17, 15) is 9.59 Å². The number of nitrogens with zero attached hydrogens (tertiary/aromatic N) is 2. The van der Waals surface area contributed by atoms with Gasteiger partial charge in [0.25, 0.3) is 0 Å². The summed E-state index contributed by atoms with van der Waals surface area (Å²) in [6.07, 6.45) is 3.66. The van der Waals surface area contributed by atoms with Crippen LogP contribution in [0.5, 0.6) is 5.75 Å². The molecule has 3 aromatic rings. The largest absolute Gasteiger partial charge is 0.497 e. The Kier molecular flexibility index (Phi) is 4.45. The predicted octanol–water partition coefficient (Wildman–Crippen LogP) is 3.40. The third-order valence-electron chi connectivity index (χ3n) is 5.84. The molecule has 28 heavy (non-hydrogen) atoms. The van der Waals surface area contributed by atoms with Crippen molar-refractivity contribution in [3.63, 3.8) is 0 Å². The fourth-order valence-corrected chi connectivity index (χ4v) is 3.94. The lowest BCUT2D eigenvalue weighted by atomic mass is 9.78. The zero-order chi connectivity index (χ0) is 20.0. The summed E-state index contributed by atoms with van der Waals surface area (Å²) in [5.74, 6) is 1.28. The molecule has 0 saturated carbocycles. The number of hydrogen-bond donors (Lipinski definition) is 2. The Labute approximate surface area is 161 Å². The number of hydrogen-bond acceptors (Lipinski definition) is 4. The Morgan fingerprint density at radius 2 is 1.89 bits per heavy atom. The van der Waals surface area contributed by atoms with Crippen molar-refractivity contribution in [1.29, 1.82) is 0 Å². The van der Waals surface area contributed by atoms with Gasteiger partial charge in [-0.1, -0.05) is 18.1 Å². The second-order valence-corrected chi connectivity index (χ2v) is 7.71. The highest BCUT2D eigenvalue weighted by atomic mass is 16.5. The molecule has 2 heterocycles. The van der Waals surface area contributed by atoms with Gasteiger partial charge in [0.05, 0.1) is 12.6 Å². The van der Waals surface area contributed by atoms with E-state index in [1.165, 1.54) is 11.1 Å². The highest BCUT2D eigenvalue weighted by molar-refractivity contribution is 6.04. The molecule has 7 nitrogen and oxygen atoms in total. The van der Waals surface area contributed by atoms with Crippen LogP contribution in [0.2, 0.25) is 0 Å². The van der Waals surface area contributed by atoms with Crippen molar-refractivity contribution in [2.75, 3.05) is 7.11 Å². The first-order chi connectivity index (χ1) is 13.4. The van der Waals surface area contributed by atoms with Crippen LogP contribution in [-0.2, 0) is 0 Å². The molecule has 7 heteroatoms. The molecule has 0 bridgehead atoms. The van der Waals surface area contributed by atoms with E-state index in [1.807, 2.05) is 6.07 Å². The minimum Gasteiger partial charge on any atom is -0.497 e. The number of aromatic amines is 2. The van der Waals surface area contributed by atoms with E-state index in [-0.39, 0.29) is 5.92 Å². The Hall–Kier alpha value is -3.09. The summed E-state index contributed by atoms with van der Waals surface area (Å²) in [6, 6.07) is 5.41. The third kappa shape index (κ3) is 2.96. The van der Waals surface area contributed by atoms with E-state index < -0.39 is 11.2 Å². The molecule has 0 saturated heterocycles. The average Bonchev–Trinajstić information content (AvgIpc) is 3.03. The maximum absolute atomic E-state index is 12.9. The summed E-state index contributed by atoms with van der Waals surface area (Å²) in [4.78, 5) is 31.3. The second-order valence-electron chi connectivity index (χ2n) is 7.71. The van der Waals surface area contributed by atoms with Crippen molar-refractivity contribution in [3.05, 3.63) is 50.2 Å². The zero-order valence-electron chi connectivity index (χ0n) is 16.5. The summed E-state index contributed by atoms with van der Waals surface area (Å²) >= 11 is 0. The normalized spacial score (nSPS) is 20.6. The molecule has 4 rings (SSSR count). The van der Waals surface area contributed by atoms with Crippen LogP contribution in [-0.4, -0.2) is 28.0 Å². The molecule has 0 fully saturated rings. The van der Waals surface area contributed by atoms with Crippen molar-refractivity contribution in [3.8, 4) is 5.75 Å². The van der Waals surface area contributed by atoms with Crippen LogP contribution in [0, 0.1) is 11.8 Å². The first kappa shape index (κ1) is 18.3. The van der Waals surface area contributed by atoms with Gasteiger partial charge in [0.1, 0.15) is 11.3 Å². The Balaban J connectivity index is 1.79. The standard InChI is InChI=1S/C21H24N4O3/c1-11-7-13(3)14(8-12(11)2)10-22-25-20(26)19-18(24-21(25)27)16-9-15(28-4)5-6-17(16)23-19/h5-6,9-10,13-14,23H,7-8H2,1-4H3,(H,24,27)/t13-,14-/m0/s1. The van der Waals surface area contributed by atoms with Gasteiger partial charge in [0, 0.05) is 23.0 Å². The van der Waals surface area contributed by atoms with Crippen molar-refractivity contribution in [1.82, 2.24) is 14.6 Å². The lowest BCUT2D eigenvalue weighted by Gasteiger charge is -2.27. The van der Waals surface area contributed by atoms with E-state index >= 15 is 0 Å². The van der Waals surface area contributed by atoms with Gasteiger partial charge in [-0.05, 0) is 50.8 Å². The topological polar surface area (TPSA) is 92.2 Å². The monoisotopic (exact) mass is 380 g/mol. The lowest BCUT2D eigenvalue weighted by molar-refractivity contribution is 0.415. The Bertz CT molecular complexity index is 1240. The summed E-state index contributed by atoms with van der Waals surface area (Å²) in [5, 5.41) is 4.99. The Morgan fingerprint density at radius 3 is 2.64 bits per heavy atom. The van der Waals surface area contributed by atoms with Crippen LogP contribution in [0.1, 0.15) is 33.6 Å². The fourth-order valence-electron chi connectivity index (χ4n) is 3.94. The average molecular weight is 380 g/mol. The molecular formula is C21H24N4O3. The van der Waals surface area contributed by atoms with Gasteiger partial charge in [-0.2, -0.15) is 5.10 Å². The number of benzene rings is 1. The second kappa shape index (κ2) is 6.82. The van der Waals surface area contributed by atoms with E-state index in [1.54, 1.807) is 25.5 Å². The van der Waals surface area contributed by atoms with Crippen molar-refractivity contribution >= 4 is 28.2 Å². The van der Waals surface area contributed by atoms with E-state index in [2.05, 4.69) is 35.8 Å². The fraction of sp³-hybridized carbons (Fsp3) is 0.381. The smallest absolute Gasteiger partial charge is 0.350 e. The Morgan fingerprint density at radius 1 is 1.14 bits per heavy atom. The first-order valence-corrected chi connectivity index (χ1v) is 9.43. The number of fused-ring (bicyclic) bond motifs is 3. The molecule has 0 spiro atoms. The number of rotatable bonds is 3. The number of H-pyrrole nitrogens is 2. The molecule has 2 aromatic heterocycles. The molecule has 0 aliphatic heterocycles. The van der Waals surface area contributed by atoms with Gasteiger partial charge in [0.2, 0.25) is 0 Å². The number of aromatic nitrogens is 3. The molecule has 1 aliphatic rings. The zero-order valence-corrected chi connectivity index (χ0v) is 16.5. The first-order valence-electron chi connectivity index (χ1n) is 9.43. The van der Waals surface area contributed by atoms with Crippen molar-refractivity contribution in [2.24, 2.45) is 16.9 Å². The molecule has 2 N–H and O–H groups in total. The SMILES string of the molecule is COc1ccc2[nH]c3c(=O)n(N=C[C@@H]4CC(C)=C(C)C[C@@H]4C)c(=O)[nH]c3c2c1. The van der Waals surface area contributed by atoms with E-state index in [0.717, 1.165) is 28.4 Å². The number of nitrogens with one attached hydrogen (secondary N) is 2. The molecule has 1 aromatic carbocycles. The summed E-state index contributed by atoms with van der Waals surface area (Å²) in [7, 11) is 1.57. The number of ether oxygens (including phenoxy) is 1.